The number of aliphatic carboxylic acids is 1. The van der Waals surface area contributed by atoms with Gasteiger partial charge in [-0.1, -0.05) is 23.9 Å². The standard InChI is InChI=1S/C25H22F4N4O3S/c1-13(2)33-11-17(16-7-18(25(27,28)29)23(36-3)30-9-16)22-20(33)10-31-24(32-22)37-12-14-4-5-19(26)15(6-14)8-21(34)35/h4-7,9-11,13H,8,12H2,1-3H3,(H,34,35). The monoisotopic (exact) mass is 534 g/mol. The number of aromatic nitrogens is 4. The lowest BCUT2D eigenvalue weighted by atomic mass is 10.1. The third-order valence-corrected chi connectivity index (χ3v) is 6.52. The first-order valence-corrected chi connectivity index (χ1v) is 12.1. The lowest BCUT2D eigenvalue weighted by Crippen LogP contribution is -2.09. The molecule has 0 saturated heterocycles. The summed E-state index contributed by atoms with van der Waals surface area (Å²) in [7, 11) is 1.13. The number of alkyl halides is 3. The van der Waals surface area contributed by atoms with Gasteiger partial charge in [0.05, 0.1) is 25.2 Å². The summed E-state index contributed by atoms with van der Waals surface area (Å²) in [5.41, 5.74) is 1.55. The van der Waals surface area contributed by atoms with Gasteiger partial charge < -0.3 is 14.4 Å². The summed E-state index contributed by atoms with van der Waals surface area (Å²) in [6.07, 6.45) is -0.453. The van der Waals surface area contributed by atoms with Crippen molar-refractivity contribution in [1.29, 1.82) is 0 Å². The van der Waals surface area contributed by atoms with Crippen LogP contribution in [0.25, 0.3) is 22.2 Å². The summed E-state index contributed by atoms with van der Waals surface area (Å²) in [5.74, 6) is -1.92. The molecule has 0 atom stereocenters. The summed E-state index contributed by atoms with van der Waals surface area (Å²) < 4.78 is 61.4. The number of nitrogens with zero attached hydrogens (tertiary/aromatic N) is 4. The maximum atomic E-state index is 13.9. The maximum absolute atomic E-state index is 13.9. The SMILES string of the molecule is COc1ncc(-c2cn(C(C)C)c3cnc(SCc4ccc(F)c(CC(=O)O)c4)nc23)cc1C(F)(F)F. The van der Waals surface area contributed by atoms with Crippen molar-refractivity contribution in [2.24, 2.45) is 0 Å². The van der Waals surface area contributed by atoms with E-state index in [4.69, 9.17) is 9.84 Å². The molecule has 4 aromatic rings. The quantitative estimate of drug-likeness (QED) is 0.165. The molecule has 37 heavy (non-hydrogen) atoms. The van der Waals surface area contributed by atoms with Crippen molar-refractivity contribution in [3.8, 4) is 17.0 Å². The van der Waals surface area contributed by atoms with Crippen LogP contribution < -0.4 is 4.74 Å². The van der Waals surface area contributed by atoms with Gasteiger partial charge in [0.25, 0.3) is 0 Å². The fourth-order valence-electron chi connectivity index (χ4n) is 3.85. The third kappa shape index (κ3) is 5.68. The Kier molecular flexibility index (Phi) is 7.39. The van der Waals surface area contributed by atoms with E-state index in [1.807, 2.05) is 18.4 Å². The van der Waals surface area contributed by atoms with Crippen molar-refractivity contribution in [3.05, 3.63) is 65.4 Å². The molecular weight excluding hydrogens is 512 g/mol. The number of methoxy groups -OCH3 is 1. The van der Waals surface area contributed by atoms with E-state index in [1.54, 1.807) is 18.5 Å². The number of halogens is 4. The predicted molar refractivity (Wildman–Crippen MR) is 130 cm³/mol. The summed E-state index contributed by atoms with van der Waals surface area (Å²) in [4.78, 5) is 23.8. The molecular formula is C25H22F4N4O3S. The second-order valence-corrected chi connectivity index (χ2v) is 9.44. The second-order valence-electron chi connectivity index (χ2n) is 8.49. The number of carboxylic acid groups (broad SMARTS) is 1. The van der Waals surface area contributed by atoms with Crippen molar-refractivity contribution in [1.82, 2.24) is 19.5 Å². The van der Waals surface area contributed by atoms with E-state index in [9.17, 15) is 22.4 Å². The van der Waals surface area contributed by atoms with Crippen molar-refractivity contribution in [2.75, 3.05) is 7.11 Å². The van der Waals surface area contributed by atoms with E-state index in [1.165, 1.54) is 30.1 Å². The normalized spacial score (nSPS) is 11.9. The highest BCUT2D eigenvalue weighted by atomic mass is 32.2. The molecule has 0 saturated carbocycles. The first-order chi connectivity index (χ1) is 17.5. The zero-order valence-electron chi connectivity index (χ0n) is 20.0. The fraction of sp³-hybridized carbons (Fsp3) is 0.280. The number of carboxylic acids is 1. The Labute approximate surface area is 213 Å². The molecule has 7 nitrogen and oxygen atoms in total. The van der Waals surface area contributed by atoms with Crippen LogP contribution >= 0.6 is 11.8 Å². The Morgan fingerprint density at radius 2 is 1.95 bits per heavy atom. The molecule has 3 heterocycles. The number of thioether (sulfide) groups is 1. The van der Waals surface area contributed by atoms with Gasteiger partial charge in [0.15, 0.2) is 5.16 Å². The van der Waals surface area contributed by atoms with Crippen LogP contribution in [0.3, 0.4) is 0 Å². The van der Waals surface area contributed by atoms with E-state index in [0.717, 1.165) is 13.2 Å². The molecule has 3 aromatic heterocycles. The first-order valence-electron chi connectivity index (χ1n) is 11.1. The van der Waals surface area contributed by atoms with Gasteiger partial charge in [-0.3, -0.25) is 4.79 Å². The minimum atomic E-state index is -4.66. The smallest absolute Gasteiger partial charge is 0.421 e. The van der Waals surface area contributed by atoms with E-state index in [2.05, 4.69) is 15.0 Å². The van der Waals surface area contributed by atoms with E-state index < -0.39 is 35.8 Å². The highest BCUT2D eigenvalue weighted by Gasteiger charge is 2.36. The Bertz CT molecular complexity index is 1470. The van der Waals surface area contributed by atoms with E-state index in [0.29, 0.717) is 33.1 Å². The molecule has 0 amide bonds. The van der Waals surface area contributed by atoms with Crippen LogP contribution in [0.5, 0.6) is 5.88 Å². The predicted octanol–water partition coefficient (Wildman–Crippen LogP) is 6.16. The lowest BCUT2D eigenvalue weighted by Gasteiger charge is -2.12. The fourth-order valence-corrected chi connectivity index (χ4v) is 4.61. The number of fused-ring (bicyclic) bond motifs is 1. The minimum Gasteiger partial charge on any atom is -0.481 e. The number of hydrogen-bond acceptors (Lipinski definition) is 6. The van der Waals surface area contributed by atoms with Gasteiger partial charge in [-0.15, -0.1) is 0 Å². The molecule has 0 fully saturated rings. The van der Waals surface area contributed by atoms with Crippen molar-refractivity contribution in [2.45, 2.75) is 43.4 Å². The van der Waals surface area contributed by atoms with Gasteiger partial charge in [-0.05, 0) is 37.1 Å². The molecule has 1 aromatic carbocycles. The molecule has 0 spiro atoms. The van der Waals surface area contributed by atoms with Gasteiger partial charge in [-0.2, -0.15) is 13.2 Å². The zero-order chi connectivity index (χ0) is 26.9. The number of rotatable bonds is 8. The van der Waals surface area contributed by atoms with Crippen molar-refractivity contribution < 1.29 is 32.2 Å². The molecule has 194 valence electrons. The Morgan fingerprint density at radius 1 is 1.19 bits per heavy atom. The first kappa shape index (κ1) is 26.4. The van der Waals surface area contributed by atoms with Gasteiger partial charge >= 0.3 is 12.1 Å². The topological polar surface area (TPSA) is 90.1 Å². The van der Waals surface area contributed by atoms with Gasteiger partial charge in [-0.25, -0.2) is 19.3 Å². The maximum Gasteiger partial charge on any atom is 0.421 e. The second kappa shape index (κ2) is 10.4. The van der Waals surface area contributed by atoms with Crippen LogP contribution in [-0.2, 0) is 23.1 Å². The summed E-state index contributed by atoms with van der Waals surface area (Å²) in [6, 6.07) is 5.22. The average Bonchev–Trinajstić information content (AvgIpc) is 3.22. The molecule has 0 aliphatic rings. The summed E-state index contributed by atoms with van der Waals surface area (Å²) >= 11 is 1.24. The number of carbonyl (C=O) groups is 1. The molecule has 4 rings (SSSR count). The van der Waals surface area contributed by atoms with E-state index >= 15 is 0 Å². The van der Waals surface area contributed by atoms with Crippen molar-refractivity contribution >= 4 is 28.8 Å². The van der Waals surface area contributed by atoms with Crippen LogP contribution in [0, 0.1) is 5.82 Å². The average molecular weight is 535 g/mol. The Balaban J connectivity index is 1.72. The van der Waals surface area contributed by atoms with Gasteiger partial charge in [0.2, 0.25) is 5.88 Å². The Morgan fingerprint density at radius 3 is 2.59 bits per heavy atom. The van der Waals surface area contributed by atoms with Crippen LogP contribution in [0.15, 0.2) is 48.0 Å². The van der Waals surface area contributed by atoms with E-state index in [-0.39, 0.29) is 17.2 Å². The number of benzene rings is 1. The summed E-state index contributed by atoms with van der Waals surface area (Å²) in [5, 5.41) is 9.33. The highest BCUT2D eigenvalue weighted by molar-refractivity contribution is 7.98. The largest absolute Gasteiger partial charge is 0.481 e. The molecule has 0 bridgehead atoms. The van der Waals surface area contributed by atoms with Crippen LogP contribution in [-0.4, -0.2) is 37.7 Å². The van der Waals surface area contributed by atoms with Crippen LogP contribution in [0.1, 0.15) is 36.6 Å². The highest BCUT2D eigenvalue weighted by Crippen LogP contribution is 2.39. The molecule has 12 heteroatoms. The number of ether oxygens (including phenoxy) is 1. The zero-order valence-corrected chi connectivity index (χ0v) is 20.8. The van der Waals surface area contributed by atoms with Crippen LogP contribution in [0.2, 0.25) is 0 Å². The molecule has 0 unspecified atom stereocenters. The molecule has 1 N–H and O–H groups in total. The minimum absolute atomic E-state index is 0.0153. The van der Waals surface area contributed by atoms with Gasteiger partial charge in [0, 0.05) is 35.3 Å². The number of pyridine rings is 1. The van der Waals surface area contributed by atoms with Gasteiger partial charge in [0.1, 0.15) is 16.9 Å². The molecule has 0 aliphatic carbocycles. The number of hydrogen-bond donors (Lipinski definition) is 1. The third-order valence-electron chi connectivity index (χ3n) is 5.59. The van der Waals surface area contributed by atoms with Crippen LogP contribution in [0.4, 0.5) is 17.6 Å². The lowest BCUT2D eigenvalue weighted by molar-refractivity contribution is -0.139. The molecule has 0 aliphatic heterocycles. The van der Waals surface area contributed by atoms with Crippen molar-refractivity contribution in [3.63, 3.8) is 0 Å². The Hall–Kier alpha value is -3.67. The molecule has 0 radical (unpaired) electrons. The summed E-state index contributed by atoms with van der Waals surface area (Å²) in [6.45, 7) is 3.87.